The van der Waals surface area contributed by atoms with Crippen molar-refractivity contribution in [3.8, 4) is 11.1 Å². The molecule has 2 aliphatic rings. The molecule has 2 aliphatic heterocycles. The Morgan fingerprint density at radius 1 is 0.625 bits per heavy atom. The quantitative estimate of drug-likeness (QED) is 0.171. The second-order valence-corrected chi connectivity index (χ2v) is 10.6. The Bertz CT molecular complexity index is 2100. The van der Waals surface area contributed by atoms with Crippen LogP contribution in [-0.4, -0.2) is 33.7 Å². The summed E-state index contributed by atoms with van der Waals surface area (Å²) in [5.74, 6) is 0. The summed E-state index contributed by atoms with van der Waals surface area (Å²) in [5, 5.41) is 3.91. The minimum Gasteiger partial charge on any atom is -0.335 e. The summed E-state index contributed by atoms with van der Waals surface area (Å²) in [4.78, 5) is 20.6. The normalized spacial score (nSPS) is 12.6. The second kappa shape index (κ2) is 8.90. The lowest BCUT2D eigenvalue weighted by atomic mass is 10.1. The van der Waals surface area contributed by atoms with E-state index < -0.39 is 0 Å². The van der Waals surface area contributed by atoms with Crippen LogP contribution < -0.4 is 0 Å². The van der Waals surface area contributed by atoms with Crippen molar-refractivity contribution in [2.24, 2.45) is 0 Å². The maximum absolute atomic E-state index is 4.69. The summed E-state index contributed by atoms with van der Waals surface area (Å²) >= 11 is 9.04. The largest absolute Gasteiger partial charge is 0.335 e. The summed E-state index contributed by atoms with van der Waals surface area (Å²) in [7, 11) is 0. The molecule has 0 amide bonds. The number of H-pyrrole nitrogens is 2. The van der Waals surface area contributed by atoms with E-state index in [1.807, 2.05) is 49.1 Å². The highest BCUT2D eigenvalue weighted by Gasteiger charge is 2.16. The fraction of sp³-hybridized carbons (Fsp3) is 0. The van der Waals surface area contributed by atoms with Crippen molar-refractivity contribution in [1.82, 2.24) is 33.7 Å². The molecule has 2 N–H and O–H groups in total. The van der Waals surface area contributed by atoms with Gasteiger partial charge in [-0.2, -0.15) is 0 Å². The molecule has 0 saturated carbocycles. The molecule has 2 aromatic carbocycles. The average Bonchev–Trinajstić information content (AvgIpc) is 3.75. The molecule has 0 spiro atoms. The van der Waals surface area contributed by atoms with Crippen LogP contribution in [0.25, 0.3) is 68.5 Å². The van der Waals surface area contributed by atoms with Crippen molar-refractivity contribution in [1.29, 1.82) is 0 Å². The molecule has 40 heavy (non-hydrogen) atoms. The summed E-state index contributed by atoms with van der Waals surface area (Å²) < 4.78 is 4.26. The second-order valence-electron chi connectivity index (χ2n) is 9.62. The van der Waals surface area contributed by atoms with Gasteiger partial charge in [0.05, 0.1) is 32.5 Å². The zero-order valence-electron chi connectivity index (χ0n) is 20.9. The third kappa shape index (κ3) is 3.52. The maximum Gasteiger partial charge on any atom is 0.123 e. The van der Waals surface area contributed by atoms with Gasteiger partial charge >= 0.3 is 0 Å². The van der Waals surface area contributed by atoms with Gasteiger partial charge in [-0.1, -0.05) is 36.4 Å². The lowest BCUT2D eigenvalue weighted by Crippen LogP contribution is -1.82. The number of aromatic amines is 2. The van der Waals surface area contributed by atoms with Gasteiger partial charge in [-0.05, 0) is 36.4 Å². The summed E-state index contributed by atoms with van der Waals surface area (Å²) in [6.07, 6.45) is 17.5. The van der Waals surface area contributed by atoms with Crippen molar-refractivity contribution < 1.29 is 0 Å². The van der Waals surface area contributed by atoms with Crippen molar-refractivity contribution >= 4 is 82.7 Å². The first-order valence-electron chi connectivity index (χ1n) is 12.7. The van der Waals surface area contributed by atoms with Crippen molar-refractivity contribution in [2.45, 2.75) is 10.1 Å². The summed E-state index contributed by atoms with van der Waals surface area (Å²) in [6, 6.07) is 16.7. The van der Waals surface area contributed by atoms with E-state index in [4.69, 9.17) is 9.97 Å². The predicted octanol–water partition coefficient (Wildman–Crippen LogP) is 7.36. The van der Waals surface area contributed by atoms with Gasteiger partial charge in [-0.15, -0.1) is 25.3 Å². The average molecular weight is 556 g/mol. The van der Waals surface area contributed by atoms with Crippen LogP contribution in [0.5, 0.6) is 0 Å². The molecule has 6 heterocycles. The number of hydrogen-bond donors (Lipinski definition) is 4. The van der Waals surface area contributed by atoms with Crippen LogP contribution in [0.2, 0.25) is 0 Å². The van der Waals surface area contributed by atoms with Gasteiger partial charge in [0, 0.05) is 57.8 Å². The van der Waals surface area contributed by atoms with Gasteiger partial charge in [0.25, 0.3) is 0 Å². The van der Waals surface area contributed by atoms with Gasteiger partial charge in [0.1, 0.15) is 17.6 Å². The molecule has 0 fully saturated rings. The third-order valence-corrected chi connectivity index (χ3v) is 7.81. The third-order valence-electron chi connectivity index (χ3n) is 7.35. The van der Waals surface area contributed by atoms with E-state index >= 15 is 0 Å². The zero-order chi connectivity index (χ0) is 26.8. The van der Waals surface area contributed by atoms with E-state index in [0.29, 0.717) is 0 Å². The highest BCUT2D eigenvalue weighted by atomic mass is 32.1. The first-order chi connectivity index (χ1) is 19.7. The maximum atomic E-state index is 4.69. The number of benzene rings is 2. The highest BCUT2D eigenvalue weighted by Crippen LogP contribution is 2.33. The number of nitrogens with zero attached hydrogens (tertiary/aromatic N) is 5. The fourth-order valence-corrected chi connectivity index (χ4v) is 6.05. The number of thiol groups is 2. The number of fused-ring (bicyclic) bond motifs is 7. The predicted molar refractivity (Wildman–Crippen MR) is 167 cm³/mol. The number of hydrogen-bond acceptors (Lipinski definition) is 5. The van der Waals surface area contributed by atoms with Crippen molar-refractivity contribution in [2.75, 3.05) is 0 Å². The smallest absolute Gasteiger partial charge is 0.123 e. The van der Waals surface area contributed by atoms with Crippen LogP contribution in [0.15, 0.2) is 89.7 Å². The van der Waals surface area contributed by atoms with E-state index in [2.05, 4.69) is 97.6 Å². The monoisotopic (exact) mass is 555 g/mol. The molecule has 0 aliphatic carbocycles. The molecule has 0 unspecified atom stereocenters. The van der Waals surface area contributed by atoms with Gasteiger partial charge in [-0.3, -0.25) is 13.8 Å². The minimum atomic E-state index is 0.793. The first kappa shape index (κ1) is 23.2. The molecule has 0 radical (unpaired) electrons. The molecule has 6 aromatic rings. The number of rotatable bonds is 4. The van der Waals surface area contributed by atoms with Gasteiger partial charge in [0.2, 0.25) is 0 Å². The molecule has 4 aromatic heterocycles. The topological polar surface area (TPSA) is 79.1 Å². The molecule has 192 valence electrons. The minimum absolute atomic E-state index is 0.793. The number of aromatic nitrogens is 7. The Hall–Kier alpha value is -4.73. The van der Waals surface area contributed by atoms with E-state index in [0.717, 1.165) is 76.8 Å². The SMILES string of the molecule is Sc1cn2c([nH]1)c(/C=C/c1ncnc(/C=C/c3c4ccccc4n4cc(S)[nH]c34)c3cncc1-3)c1ccccc12. The molecule has 0 bridgehead atoms. The molecule has 7 nitrogen and oxygen atoms in total. The van der Waals surface area contributed by atoms with E-state index in [9.17, 15) is 0 Å². The lowest BCUT2D eigenvalue weighted by Gasteiger charge is -1.99. The summed E-state index contributed by atoms with van der Waals surface area (Å²) in [5.41, 5.74) is 9.80. The number of imidazole rings is 2. The lowest BCUT2D eigenvalue weighted by molar-refractivity contribution is 1.20. The van der Waals surface area contributed by atoms with Crippen LogP contribution >= 0.6 is 25.3 Å². The fourth-order valence-electron chi connectivity index (χ4n) is 5.61. The Balaban J connectivity index is 1.21. The first-order valence-corrected chi connectivity index (χ1v) is 13.6. The van der Waals surface area contributed by atoms with Crippen LogP contribution in [0.4, 0.5) is 0 Å². The Labute approximate surface area is 239 Å². The summed E-state index contributed by atoms with van der Waals surface area (Å²) in [6.45, 7) is 0. The molecule has 8 rings (SSSR count). The van der Waals surface area contributed by atoms with Gasteiger partial charge in [0.15, 0.2) is 0 Å². The van der Waals surface area contributed by atoms with Crippen LogP contribution in [-0.2, 0) is 0 Å². The molecular formula is C31H21N7S2. The van der Waals surface area contributed by atoms with Crippen molar-refractivity contribution in [3.05, 3.63) is 102 Å². The number of nitrogens with one attached hydrogen (secondary N) is 2. The Morgan fingerprint density at radius 3 is 1.60 bits per heavy atom. The van der Waals surface area contributed by atoms with Gasteiger partial charge < -0.3 is 9.97 Å². The Kier molecular flexibility index (Phi) is 5.16. The van der Waals surface area contributed by atoms with E-state index in [1.165, 1.54) is 0 Å². The van der Waals surface area contributed by atoms with Crippen LogP contribution in [0, 0.1) is 0 Å². The zero-order valence-corrected chi connectivity index (χ0v) is 22.7. The van der Waals surface area contributed by atoms with Crippen molar-refractivity contribution in [3.63, 3.8) is 0 Å². The standard InChI is InChI=1S/C31H21N7S2/c39-28-15-37-26-7-3-1-5-18(26)20(30(37)35-28)9-11-24-22-13-32-14-23(22)25(34-17-33-24)12-10-21-19-6-2-4-8-27(19)38-16-29(40)36-31(21)38/h1-17,35-36,39-40H/b11-9+,12-10+. The molecule has 0 atom stereocenters. The van der Waals surface area contributed by atoms with Gasteiger partial charge in [-0.25, -0.2) is 9.97 Å². The molecular weight excluding hydrogens is 535 g/mol. The highest BCUT2D eigenvalue weighted by molar-refractivity contribution is 7.80. The Morgan fingerprint density at radius 2 is 1.10 bits per heavy atom. The number of para-hydroxylation sites is 2. The van der Waals surface area contributed by atoms with Crippen LogP contribution in [0.1, 0.15) is 22.5 Å². The van der Waals surface area contributed by atoms with Crippen LogP contribution in [0.3, 0.4) is 0 Å². The molecule has 9 heteroatoms. The van der Waals surface area contributed by atoms with E-state index in [1.54, 1.807) is 6.33 Å². The van der Waals surface area contributed by atoms with E-state index in [-0.39, 0.29) is 0 Å². The molecule has 0 saturated heterocycles.